The maximum atomic E-state index is 12.5. The average Bonchev–Trinajstić information content (AvgIpc) is 3.41. The van der Waals surface area contributed by atoms with Gasteiger partial charge in [0.05, 0.1) is 0 Å². The van der Waals surface area contributed by atoms with Crippen molar-refractivity contribution in [2.45, 2.75) is 39.2 Å². The fraction of sp³-hybridized carbons (Fsp3) is 0.474. The molecule has 0 aromatic heterocycles. The van der Waals surface area contributed by atoms with Crippen LogP contribution < -0.4 is 5.32 Å². The zero-order chi connectivity index (χ0) is 19.1. The summed E-state index contributed by atoms with van der Waals surface area (Å²) in [7, 11) is 0. The molecule has 1 N–H and O–H groups in total. The molecule has 1 atom stereocenters. The maximum Gasteiger partial charge on any atom is 0.326 e. The van der Waals surface area contributed by atoms with E-state index in [1.807, 2.05) is 19.1 Å². The molecule has 3 rings (SSSR count). The summed E-state index contributed by atoms with van der Waals surface area (Å²) in [4.78, 5) is 49.6. The molecule has 1 aliphatic carbocycles. The maximum absolute atomic E-state index is 12.5. The van der Waals surface area contributed by atoms with Gasteiger partial charge in [0.2, 0.25) is 5.78 Å². The number of benzene rings is 1. The fourth-order valence-corrected chi connectivity index (χ4v) is 3.23. The number of hydrogen-bond donors (Lipinski definition) is 1. The van der Waals surface area contributed by atoms with Crippen molar-refractivity contribution < 1.29 is 23.9 Å². The van der Waals surface area contributed by atoms with Crippen LogP contribution in [0.25, 0.3) is 0 Å². The predicted octanol–water partition coefficient (Wildman–Crippen LogP) is 1.75. The quantitative estimate of drug-likeness (QED) is 0.475. The predicted molar refractivity (Wildman–Crippen MR) is 92.6 cm³/mol. The van der Waals surface area contributed by atoms with Crippen LogP contribution >= 0.6 is 0 Å². The number of esters is 1. The number of ether oxygens (including phenoxy) is 1. The number of hydrogen-bond acceptors (Lipinski definition) is 5. The van der Waals surface area contributed by atoms with Crippen molar-refractivity contribution in [3.05, 3.63) is 34.9 Å². The van der Waals surface area contributed by atoms with E-state index in [0.717, 1.165) is 28.9 Å². The second kappa shape index (κ2) is 6.55. The van der Waals surface area contributed by atoms with Crippen LogP contribution in [0.15, 0.2) is 18.2 Å². The third-order valence-electron chi connectivity index (χ3n) is 5.04. The molecule has 1 aromatic rings. The lowest BCUT2D eigenvalue weighted by molar-refractivity contribution is -0.146. The van der Waals surface area contributed by atoms with Crippen LogP contribution in [0.4, 0.5) is 4.79 Å². The number of ketones is 1. The number of urea groups is 1. The van der Waals surface area contributed by atoms with Gasteiger partial charge in [0.25, 0.3) is 5.91 Å². The van der Waals surface area contributed by atoms with E-state index in [9.17, 15) is 19.2 Å². The van der Waals surface area contributed by atoms with Crippen LogP contribution in [0.5, 0.6) is 0 Å². The Labute approximate surface area is 151 Å². The molecule has 1 saturated carbocycles. The molecule has 0 spiro atoms. The first kappa shape index (κ1) is 18.1. The molecule has 0 bridgehead atoms. The van der Waals surface area contributed by atoms with Gasteiger partial charge >= 0.3 is 12.0 Å². The van der Waals surface area contributed by atoms with Gasteiger partial charge in [-0.2, -0.15) is 0 Å². The first-order valence-corrected chi connectivity index (χ1v) is 8.62. The van der Waals surface area contributed by atoms with Crippen LogP contribution in [-0.2, 0) is 14.3 Å². The van der Waals surface area contributed by atoms with E-state index < -0.39 is 36.6 Å². The summed E-state index contributed by atoms with van der Waals surface area (Å²) < 4.78 is 4.99. The first-order chi connectivity index (χ1) is 12.2. The van der Waals surface area contributed by atoms with Gasteiger partial charge in [-0.05, 0) is 51.2 Å². The minimum absolute atomic E-state index is 0.117. The van der Waals surface area contributed by atoms with E-state index >= 15 is 0 Å². The van der Waals surface area contributed by atoms with Crippen molar-refractivity contribution >= 4 is 23.7 Å². The molecule has 0 radical (unpaired) electrons. The summed E-state index contributed by atoms with van der Waals surface area (Å²) in [5.41, 5.74) is 1.29. The molecule has 0 unspecified atom stereocenters. The average molecular weight is 358 g/mol. The number of carbonyl (C=O) groups excluding carboxylic acids is 4. The Bertz CT molecular complexity index is 799. The summed E-state index contributed by atoms with van der Waals surface area (Å²) in [5.74, 6) is -1.40. The molecule has 138 valence electrons. The number of rotatable bonds is 6. The molecule has 2 fully saturated rings. The lowest BCUT2D eigenvalue weighted by atomic mass is 9.96. The van der Waals surface area contributed by atoms with Crippen molar-refractivity contribution in [1.29, 1.82) is 0 Å². The summed E-state index contributed by atoms with van der Waals surface area (Å²) in [6, 6.07) is 4.87. The summed E-state index contributed by atoms with van der Waals surface area (Å²) in [5, 5.41) is 2.66. The van der Waals surface area contributed by atoms with E-state index in [4.69, 9.17) is 4.74 Å². The van der Waals surface area contributed by atoms with Gasteiger partial charge in [0.15, 0.2) is 6.61 Å². The van der Waals surface area contributed by atoms with E-state index in [1.165, 1.54) is 0 Å². The zero-order valence-electron chi connectivity index (χ0n) is 15.1. The zero-order valence-corrected chi connectivity index (χ0v) is 15.1. The number of nitrogens with zero attached hydrogens (tertiary/aromatic N) is 1. The molecule has 7 nitrogen and oxygen atoms in total. The van der Waals surface area contributed by atoms with Gasteiger partial charge in [-0.1, -0.05) is 17.7 Å². The van der Waals surface area contributed by atoms with Gasteiger partial charge in [-0.25, -0.2) is 4.79 Å². The Morgan fingerprint density at radius 2 is 1.96 bits per heavy atom. The highest BCUT2D eigenvalue weighted by Gasteiger charge is 2.56. The Morgan fingerprint density at radius 3 is 2.62 bits per heavy atom. The Hall–Kier alpha value is -2.70. The Morgan fingerprint density at radius 1 is 1.27 bits per heavy atom. The van der Waals surface area contributed by atoms with E-state index in [-0.39, 0.29) is 11.7 Å². The monoisotopic (exact) mass is 358 g/mol. The normalized spacial score (nSPS) is 22.3. The molecule has 1 saturated heterocycles. The second-order valence-corrected chi connectivity index (χ2v) is 7.20. The molecular formula is C19H22N2O5. The van der Waals surface area contributed by atoms with Crippen LogP contribution in [0.2, 0.25) is 0 Å². The SMILES string of the molecule is Cc1ccc(C)c(C(=O)COC(=O)CN2C(=O)N[C@](C)(C3CC3)C2=O)c1. The van der Waals surface area contributed by atoms with Gasteiger partial charge in [0.1, 0.15) is 12.1 Å². The molecular weight excluding hydrogens is 336 g/mol. The minimum Gasteiger partial charge on any atom is -0.456 e. The topological polar surface area (TPSA) is 92.8 Å². The van der Waals surface area contributed by atoms with Crippen molar-refractivity contribution in [3.63, 3.8) is 0 Å². The van der Waals surface area contributed by atoms with Gasteiger partial charge in [-0.15, -0.1) is 0 Å². The third-order valence-corrected chi connectivity index (χ3v) is 5.04. The van der Waals surface area contributed by atoms with E-state index in [0.29, 0.717) is 5.56 Å². The van der Waals surface area contributed by atoms with E-state index in [1.54, 1.807) is 19.9 Å². The molecule has 26 heavy (non-hydrogen) atoms. The largest absolute Gasteiger partial charge is 0.456 e. The molecule has 1 heterocycles. The molecule has 1 aliphatic heterocycles. The summed E-state index contributed by atoms with van der Waals surface area (Å²) in [6.07, 6.45) is 1.76. The number of amides is 3. The summed E-state index contributed by atoms with van der Waals surface area (Å²) >= 11 is 0. The highest BCUT2D eigenvalue weighted by Crippen LogP contribution is 2.42. The van der Waals surface area contributed by atoms with Gasteiger partial charge < -0.3 is 10.1 Å². The first-order valence-electron chi connectivity index (χ1n) is 8.62. The number of imide groups is 1. The Balaban J connectivity index is 1.57. The van der Waals surface area contributed by atoms with Crippen LogP contribution in [0.1, 0.15) is 41.3 Å². The minimum atomic E-state index is -0.939. The Kier molecular flexibility index (Phi) is 4.56. The van der Waals surface area contributed by atoms with Crippen molar-refractivity contribution in [2.24, 2.45) is 5.92 Å². The van der Waals surface area contributed by atoms with Gasteiger partial charge in [-0.3, -0.25) is 19.3 Å². The standard InChI is InChI=1S/C19H22N2O5/c1-11-4-5-12(2)14(8-11)15(22)10-26-16(23)9-21-17(24)19(3,13-6-7-13)20-18(21)25/h4-5,8,13H,6-7,9-10H2,1-3H3,(H,20,25)/t19-/m1/s1. The molecule has 2 aliphatic rings. The van der Waals surface area contributed by atoms with Gasteiger partial charge in [0, 0.05) is 5.56 Å². The highest BCUT2D eigenvalue weighted by atomic mass is 16.5. The third kappa shape index (κ3) is 3.34. The highest BCUT2D eigenvalue weighted by molar-refractivity contribution is 6.09. The fourth-order valence-electron chi connectivity index (χ4n) is 3.23. The van der Waals surface area contributed by atoms with Crippen LogP contribution in [-0.4, -0.2) is 47.3 Å². The number of carbonyl (C=O) groups is 4. The van der Waals surface area contributed by atoms with E-state index in [2.05, 4.69) is 5.32 Å². The van der Waals surface area contributed by atoms with Crippen molar-refractivity contribution in [1.82, 2.24) is 10.2 Å². The smallest absolute Gasteiger partial charge is 0.326 e. The number of nitrogens with one attached hydrogen (secondary N) is 1. The van der Waals surface area contributed by atoms with Crippen LogP contribution in [0.3, 0.4) is 0 Å². The summed E-state index contributed by atoms with van der Waals surface area (Å²) in [6.45, 7) is 4.44. The lowest BCUT2D eigenvalue weighted by Gasteiger charge is -2.20. The number of aryl methyl sites for hydroxylation is 2. The number of Topliss-reactive ketones (excluding diaryl/α,β-unsaturated/α-hetero) is 1. The molecule has 1 aromatic carbocycles. The van der Waals surface area contributed by atoms with Crippen molar-refractivity contribution in [3.8, 4) is 0 Å². The lowest BCUT2D eigenvalue weighted by Crippen LogP contribution is -2.46. The van der Waals surface area contributed by atoms with Crippen LogP contribution in [0, 0.1) is 19.8 Å². The molecule has 3 amide bonds. The second-order valence-electron chi connectivity index (χ2n) is 7.20. The van der Waals surface area contributed by atoms with Crippen molar-refractivity contribution in [2.75, 3.05) is 13.2 Å². The molecule has 7 heteroatoms.